The van der Waals surface area contributed by atoms with Gasteiger partial charge in [0.1, 0.15) is 0 Å². The molecule has 0 aromatic heterocycles. The third-order valence-electron chi connectivity index (χ3n) is 1.74. The molecule has 0 aliphatic carbocycles. The van der Waals surface area contributed by atoms with Crippen LogP contribution in [-0.4, -0.2) is 30.1 Å². The largest absolute Gasteiger partial charge is 2.00 e. The Bertz CT molecular complexity index is 135. The van der Waals surface area contributed by atoms with E-state index in [2.05, 4.69) is 36.2 Å². The second-order valence-corrected chi connectivity index (χ2v) is 2.86. The minimum absolute atomic E-state index is 0. The molecule has 0 unspecified atom stereocenters. The van der Waals surface area contributed by atoms with E-state index in [0.29, 0.717) is 0 Å². The molecule has 2 nitrogen and oxygen atoms in total. The number of halogens is 2. The Morgan fingerprint density at radius 2 is 1.92 bits per heavy atom. The van der Waals surface area contributed by atoms with Crippen LogP contribution in [0.25, 0.3) is 0 Å². The molecule has 0 spiro atoms. The summed E-state index contributed by atoms with van der Waals surface area (Å²) in [5, 5.41) is 0. The third kappa shape index (κ3) is 7.78. The van der Waals surface area contributed by atoms with Crippen molar-refractivity contribution in [2.45, 2.75) is 19.8 Å². The summed E-state index contributed by atoms with van der Waals surface area (Å²) in [6.45, 7) is 4.50. The van der Waals surface area contributed by atoms with Crippen molar-refractivity contribution in [1.29, 1.82) is 0 Å². The molecular weight excluding hydrogens is 305 g/mol. The first-order chi connectivity index (χ1) is 4.83. The van der Waals surface area contributed by atoms with Gasteiger partial charge in [-0.1, -0.05) is 13.3 Å². The normalized spacial score (nSPS) is 13.1. The fourth-order valence-electron chi connectivity index (χ4n) is 1.10. The SMILES string of the molecule is CCCCN1C=CN(C)C1.[Br-].[Cl-].[Zn+2]. The summed E-state index contributed by atoms with van der Waals surface area (Å²) in [5.41, 5.74) is 0. The van der Waals surface area contributed by atoms with Crippen LogP contribution in [0.1, 0.15) is 19.8 Å². The average Bonchev–Trinajstić information content (AvgIpc) is 2.31. The molecule has 0 atom stereocenters. The van der Waals surface area contributed by atoms with E-state index in [1.54, 1.807) is 0 Å². The molecule has 74 valence electrons. The first-order valence-electron chi connectivity index (χ1n) is 3.95. The number of hydrogen-bond acceptors (Lipinski definition) is 2. The predicted molar refractivity (Wildman–Crippen MR) is 43.4 cm³/mol. The molecule has 1 rings (SSSR count). The zero-order chi connectivity index (χ0) is 7.40. The predicted octanol–water partition coefficient (Wildman–Crippen LogP) is -4.53. The van der Waals surface area contributed by atoms with Gasteiger partial charge in [0.05, 0.1) is 6.67 Å². The molecule has 0 radical (unpaired) electrons. The molecule has 0 fully saturated rings. The smallest absolute Gasteiger partial charge is 1.00 e. The van der Waals surface area contributed by atoms with Gasteiger partial charge < -0.3 is 39.2 Å². The van der Waals surface area contributed by atoms with Crippen LogP contribution in [0.5, 0.6) is 0 Å². The van der Waals surface area contributed by atoms with Gasteiger partial charge in [-0.3, -0.25) is 0 Å². The van der Waals surface area contributed by atoms with Gasteiger partial charge in [-0.2, -0.15) is 0 Å². The van der Waals surface area contributed by atoms with E-state index in [1.165, 1.54) is 19.4 Å². The second-order valence-electron chi connectivity index (χ2n) is 2.86. The summed E-state index contributed by atoms with van der Waals surface area (Å²) < 4.78 is 0. The topological polar surface area (TPSA) is 6.48 Å². The van der Waals surface area contributed by atoms with Gasteiger partial charge in [-0.15, -0.1) is 0 Å². The molecule has 0 saturated carbocycles. The van der Waals surface area contributed by atoms with Crippen molar-refractivity contribution in [3.05, 3.63) is 12.4 Å². The first kappa shape index (κ1) is 19.3. The summed E-state index contributed by atoms with van der Waals surface area (Å²) in [5.74, 6) is 0. The van der Waals surface area contributed by atoms with Gasteiger partial charge in [0.25, 0.3) is 0 Å². The minimum atomic E-state index is 0. The molecule has 0 aromatic carbocycles. The molecular formula is C8H16BrClN2Zn. The van der Waals surface area contributed by atoms with Crippen LogP contribution >= 0.6 is 0 Å². The zero-order valence-electron chi connectivity index (χ0n) is 8.34. The molecule has 1 aliphatic heterocycles. The van der Waals surface area contributed by atoms with Crippen molar-refractivity contribution in [3.8, 4) is 0 Å². The van der Waals surface area contributed by atoms with E-state index < -0.39 is 0 Å². The number of nitrogens with zero attached hydrogens (tertiary/aromatic N) is 2. The molecule has 0 bridgehead atoms. The average molecular weight is 321 g/mol. The van der Waals surface area contributed by atoms with Gasteiger partial charge in [0.15, 0.2) is 0 Å². The Morgan fingerprint density at radius 1 is 1.31 bits per heavy atom. The van der Waals surface area contributed by atoms with Crippen LogP contribution in [0.4, 0.5) is 0 Å². The van der Waals surface area contributed by atoms with E-state index >= 15 is 0 Å². The van der Waals surface area contributed by atoms with E-state index in [0.717, 1.165) is 6.67 Å². The summed E-state index contributed by atoms with van der Waals surface area (Å²) in [6.07, 6.45) is 6.87. The minimum Gasteiger partial charge on any atom is -1.00 e. The quantitative estimate of drug-likeness (QED) is 0.484. The van der Waals surface area contributed by atoms with Crippen LogP contribution in [0.15, 0.2) is 12.4 Å². The molecule has 0 amide bonds. The maximum atomic E-state index is 2.34. The first-order valence-corrected chi connectivity index (χ1v) is 3.95. The van der Waals surface area contributed by atoms with Gasteiger partial charge in [0.2, 0.25) is 0 Å². The van der Waals surface area contributed by atoms with Crippen molar-refractivity contribution in [3.63, 3.8) is 0 Å². The Balaban J connectivity index is -0.000000333. The van der Waals surface area contributed by atoms with Gasteiger partial charge in [-0.25, -0.2) is 0 Å². The van der Waals surface area contributed by atoms with Crippen molar-refractivity contribution in [1.82, 2.24) is 9.80 Å². The Labute approximate surface area is 111 Å². The van der Waals surface area contributed by atoms with E-state index in [4.69, 9.17) is 0 Å². The van der Waals surface area contributed by atoms with Crippen molar-refractivity contribution < 1.29 is 48.9 Å². The summed E-state index contributed by atoms with van der Waals surface area (Å²) in [7, 11) is 2.10. The number of rotatable bonds is 3. The molecule has 1 aliphatic rings. The Kier molecular flexibility index (Phi) is 16.1. The Morgan fingerprint density at radius 3 is 2.31 bits per heavy atom. The fourth-order valence-corrected chi connectivity index (χ4v) is 1.10. The van der Waals surface area contributed by atoms with Crippen LogP contribution < -0.4 is 29.4 Å². The van der Waals surface area contributed by atoms with Crippen molar-refractivity contribution in [2.24, 2.45) is 0 Å². The molecule has 1 heterocycles. The standard InChI is InChI=1S/C8H16N2.BrH.ClH.Zn/c1-3-4-5-10-7-6-9(2)8-10;;;/h6-7H,3-5,8H2,1-2H3;2*1H;/q;;;+2/p-2. The molecule has 5 heteroatoms. The second kappa shape index (κ2) is 10.8. The van der Waals surface area contributed by atoms with Crippen molar-refractivity contribution >= 4 is 0 Å². The van der Waals surface area contributed by atoms with Crippen LogP contribution in [0.2, 0.25) is 0 Å². The van der Waals surface area contributed by atoms with Crippen LogP contribution in [0.3, 0.4) is 0 Å². The van der Waals surface area contributed by atoms with Gasteiger partial charge in [-0.05, 0) is 6.42 Å². The maximum Gasteiger partial charge on any atom is 2.00 e. The van der Waals surface area contributed by atoms with Crippen LogP contribution in [-0.2, 0) is 19.5 Å². The molecule has 0 N–H and O–H groups in total. The summed E-state index contributed by atoms with van der Waals surface area (Å²) in [6, 6.07) is 0. The zero-order valence-corrected chi connectivity index (χ0v) is 13.6. The van der Waals surface area contributed by atoms with E-state index in [9.17, 15) is 0 Å². The van der Waals surface area contributed by atoms with Crippen molar-refractivity contribution in [2.75, 3.05) is 20.3 Å². The molecule has 0 aromatic rings. The molecule has 13 heavy (non-hydrogen) atoms. The fraction of sp³-hybridized carbons (Fsp3) is 0.750. The summed E-state index contributed by atoms with van der Waals surface area (Å²) in [4.78, 5) is 4.53. The van der Waals surface area contributed by atoms with Gasteiger partial charge in [0, 0.05) is 26.0 Å². The number of unbranched alkanes of at least 4 members (excludes halogenated alkanes) is 1. The summed E-state index contributed by atoms with van der Waals surface area (Å²) >= 11 is 0. The number of hydrogen-bond donors (Lipinski definition) is 0. The van der Waals surface area contributed by atoms with Gasteiger partial charge >= 0.3 is 19.5 Å². The third-order valence-corrected chi connectivity index (χ3v) is 1.74. The maximum absolute atomic E-state index is 2.34. The van der Waals surface area contributed by atoms with E-state index in [1.807, 2.05) is 0 Å². The van der Waals surface area contributed by atoms with E-state index in [-0.39, 0.29) is 48.9 Å². The van der Waals surface area contributed by atoms with Crippen LogP contribution in [0, 0.1) is 0 Å². The monoisotopic (exact) mass is 318 g/mol. The Hall–Kier alpha value is 0.733. The molecule has 0 saturated heterocycles.